The molecule has 1 aromatic carbocycles. The fraction of sp³-hybridized carbons (Fsp3) is 0.375. The number of hydrogen-bond donors (Lipinski definition) is 2. The van der Waals surface area contributed by atoms with Crippen LogP contribution in [-0.2, 0) is 9.59 Å². The number of alkyl halides is 3. The third-order valence-corrected chi connectivity index (χ3v) is 5.78. The molecule has 2 N–H and O–H groups in total. The topological polar surface area (TPSA) is 93.2 Å². The van der Waals surface area contributed by atoms with E-state index >= 15 is 0 Å². The zero-order valence-electron chi connectivity index (χ0n) is 14.3. The fourth-order valence-corrected chi connectivity index (χ4v) is 3.82. The Morgan fingerprint density at radius 1 is 1.18 bits per heavy atom. The van der Waals surface area contributed by atoms with Crippen molar-refractivity contribution in [3.8, 4) is 5.75 Å². The van der Waals surface area contributed by atoms with Gasteiger partial charge >= 0.3 is 6.36 Å². The van der Waals surface area contributed by atoms with Crippen LogP contribution in [0.3, 0.4) is 0 Å². The number of anilines is 2. The SMILES string of the molecule is O=C(CSc1nnc(NC(=O)C2CCC2)s1)Nc1ccc(OC(F)(F)F)cc1. The molecule has 0 radical (unpaired) electrons. The average molecular weight is 432 g/mol. The third kappa shape index (κ3) is 6.09. The molecule has 0 unspecified atom stereocenters. The van der Waals surface area contributed by atoms with Crippen molar-refractivity contribution in [3.05, 3.63) is 24.3 Å². The third-order valence-electron chi connectivity index (χ3n) is 3.81. The lowest BCUT2D eigenvalue weighted by atomic mass is 9.85. The Bertz CT molecular complexity index is 838. The minimum Gasteiger partial charge on any atom is -0.406 e. The van der Waals surface area contributed by atoms with Gasteiger partial charge in [-0.3, -0.25) is 9.59 Å². The first kappa shape index (κ1) is 20.4. The molecule has 1 fully saturated rings. The van der Waals surface area contributed by atoms with E-state index in [1.807, 2.05) is 0 Å². The van der Waals surface area contributed by atoms with E-state index in [4.69, 9.17) is 0 Å². The standard InChI is InChI=1S/C16H15F3N4O3S2/c17-16(18,19)26-11-6-4-10(5-7-11)20-12(24)8-27-15-23-22-14(28-15)21-13(25)9-2-1-3-9/h4-7,9H,1-3,8H2,(H,20,24)(H,21,22,25). The van der Waals surface area contributed by atoms with Crippen LogP contribution in [0, 0.1) is 5.92 Å². The number of rotatable bonds is 7. The van der Waals surface area contributed by atoms with Crippen LogP contribution in [0.4, 0.5) is 24.0 Å². The minimum atomic E-state index is -4.76. The average Bonchev–Trinajstić information content (AvgIpc) is 2.99. The second kappa shape index (κ2) is 8.78. The van der Waals surface area contributed by atoms with E-state index in [-0.39, 0.29) is 29.2 Å². The van der Waals surface area contributed by atoms with E-state index in [9.17, 15) is 22.8 Å². The molecule has 7 nitrogen and oxygen atoms in total. The summed E-state index contributed by atoms with van der Waals surface area (Å²) in [5.74, 6) is -0.713. The highest BCUT2D eigenvalue weighted by atomic mass is 32.2. The molecule has 0 aliphatic heterocycles. The highest BCUT2D eigenvalue weighted by molar-refractivity contribution is 8.01. The van der Waals surface area contributed by atoms with Crippen LogP contribution in [0.5, 0.6) is 5.75 Å². The molecule has 0 bridgehead atoms. The van der Waals surface area contributed by atoms with Crippen molar-refractivity contribution >= 4 is 45.7 Å². The van der Waals surface area contributed by atoms with Gasteiger partial charge in [0.1, 0.15) is 5.75 Å². The lowest BCUT2D eigenvalue weighted by molar-refractivity contribution is -0.274. The zero-order valence-corrected chi connectivity index (χ0v) is 15.9. The van der Waals surface area contributed by atoms with Crippen molar-refractivity contribution in [3.63, 3.8) is 0 Å². The second-order valence-corrected chi connectivity index (χ2v) is 8.10. The Morgan fingerprint density at radius 3 is 2.50 bits per heavy atom. The van der Waals surface area contributed by atoms with Gasteiger partial charge < -0.3 is 15.4 Å². The van der Waals surface area contributed by atoms with Crippen LogP contribution in [0.25, 0.3) is 0 Å². The molecule has 12 heteroatoms. The first-order valence-electron chi connectivity index (χ1n) is 8.21. The molecule has 1 aliphatic carbocycles. The first-order valence-corrected chi connectivity index (χ1v) is 10.0. The van der Waals surface area contributed by atoms with Gasteiger partial charge in [0.05, 0.1) is 5.75 Å². The number of nitrogens with zero attached hydrogens (tertiary/aromatic N) is 2. The second-order valence-electron chi connectivity index (χ2n) is 5.90. The fourth-order valence-electron chi connectivity index (χ4n) is 2.26. The smallest absolute Gasteiger partial charge is 0.406 e. The number of amides is 2. The van der Waals surface area contributed by atoms with Gasteiger partial charge in [-0.2, -0.15) is 0 Å². The number of carbonyl (C=O) groups excluding carboxylic acids is 2. The summed E-state index contributed by atoms with van der Waals surface area (Å²) in [7, 11) is 0. The molecule has 1 aromatic heterocycles. The van der Waals surface area contributed by atoms with Crippen LogP contribution in [-0.4, -0.2) is 34.1 Å². The Kier molecular flexibility index (Phi) is 6.39. The predicted molar refractivity (Wildman–Crippen MR) is 98.4 cm³/mol. The molecule has 2 amide bonds. The van der Waals surface area contributed by atoms with Crippen molar-refractivity contribution in [1.82, 2.24) is 10.2 Å². The molecule has 0 saturated heterocycles. The van der Waals surface area contributed by atoms with E-state index in [0.29, 0.717) is 15.2 Å². The van der Waals surface area contributed by atoms with E-state index in [1.165, 1.54) is 23.5 Å². The lowest BCUT2D eigenvalue weighted by Gasteiger charge is -2.23. The van der Waals surface area contributed by atoms with E-state index in [1.54, 1.807) is 0 Å². The van der Waals surface area contributed by atoms with Gasteiger partial charge in [0.15, 0.2) is 4.34 Å². The molecule has 2 aromatic rings. The van der Waals surface area contributed by atoms with Gasteiger partial charge in [0.2, 0.25) is 16.9 Å². The molecule has 150 valence electrons. The molecular formula is C16H15F3N4O3S2. The molecule has 1 heterocycles. The summed E-state index contributed by atoms with van der Waals surface area (Å²) >= 11 is 2.32. The van der Waals surface area contributed by atoms with Crippen LogP contribution in [0.15, 0.2) is 28.6 Å². The minimum absolute atomic E-state index is 0.0337. The maximum atomic E-state index is 12.1. The zero-order chi connectivity index (χ0) is 20.1. The summed E-state index contributed by atoms with van der Waals surface area (Å²) in [6.45, 7) is 0. The Hall–Kier alpha value is -2.34. The molecule has 1 aliphatic rings. The van der Waals surface area contributed by atoms with Gasteiger partial charge in [-0.1, -0.05) is 29.5 Å². The maximum Gasteiger partial charge on any atom is 0.573 e. The molecule has 1 saturated carbocycles. The normalized spacial score (nSPS) is 14.2. The monoisotopic (exact) mass is 432 g/mol. The predicted octanol–water partition coefficient (Wildman–Crippen LogP) is 3.91. The Morgan fingerprint density at radius 2 is 1.89 bits per heavy atom. The van der Waals surface area contributed by atoms with Gasteiger partial charge in [0, 0.05) is 11.6 Å². The molecule has 0 atom stereocenters. The van der Waals surface area contributed by atoms with Crippen molar-refractivity contribution in [2.75, 3.05) is 16.4 Å². The van der Waals surface area contributed by atoms with E-state index in [2.05, 4.69) is 25.6 Å². The van der Waals surface area contributed by atoms with Gasteiger partial charge in [-0.15, -0.1) is 23.4 Å². The Balaban J connectivity index is 1.43. The number of hydrogen-bond acceptors (Lipinski definition) is 7. The van der Waals surface area contributed by atoms with Crippen LogP contribution in [0.1, 0.15) is 19.3 Å². The molecule has 3 rings (SSSR count). The van der Waals surface area contributed by atoms with Crippen LogP contribution >= 0.6 is 23.1 Å². The molecular weight excluding hydrogens is 417 g/mol. The number of benzene rings is 1. The molecule has 28 heavy (non-hydrogen) atoms. The number of thioether (sulfide) groups is 1. The van der Waals surface area contributed by atoms with Gasteiger partial charge in [-0.25, -0.2) is 0 Å². The summed E-state index contributed by atoms with van der Waals surface area (Å²) in [5.41, 5.74) is 0.339. The highest BCUT2D eigenvalue weighted by Gasteiger charge is 2.31. The van der Waals surface area contributed by atoms with Crippen molar-refractivity contribution in [1.29, 1.82) is 0 Å². The number of carbonyl (C=O) groups is 2. The number of nitrogens with one attached hydrogen (secondary N) is 2. The van der Waals surface area contributed by atoms with Gasteiger partial charge in [0.25, 0.3) is 0 Å². The van der Waals surface area contributed by atoms with Crippen molar-refractivity contribution in [2.45, 2.75) is 30.0 Å². The first-order chi connectivity index (χ1) is 13.3. The summed E-state index contributed by atoms with van der Waals surface area (Å²) in [6, 6.07) is 4.83. The Labute approximate surface area is 166 Å². The maximum absolute atomic E-state index is 12.1. The lowest BCUT2D eigenvalue weighted by Crippen LogP contribution is -2.27. The van der Waals surface area contributed by atoms with Crippen LogP contribution in [0.2, 0.25) is 0 Å². The largest absolute Gasteiger partial charge is 0.573 e. The van der Waals surface area contributed by atoms with E-state index < -0.39 is 6.36 Å². The highest BCUT2D eigenvalue weighted by Crippen LogP contribution is 2.30. The van der Waals surface area contributed by atoms with Crippen LogP contribution < -0.4 is 15.4 Å². The number of aromatic nitrogens is 2. The van der Waals surface area contributed by atoms with Crippen molar-refractivity contribution in [2.24, 2.45) is 5.92 Å². The number of halogens is 3. The van der Waals surface area contributed by atoms with Crippen molar-refractivity contribution < 1.29 is 27.5 Å². The molecule has 0 spiro atoms. The number of ether oxygens (including phenoxy) is 1. The summed E-state index contributed by atoms with van der Waals surface area (Å²) in [4.78, 5) is 23.8. The summed E-state index contributed by atoms with van der Waals surface area (Å²) in [5, 5.41) is 13.5. The van der Waals surface area contributed by atoms with Gasteiger partial charge in [-0.05, 0) is 37.1 Å². The summed E-state index contributed by atoms with van der Waals surface area (Å²) < 4.78 is 40.6. The summed E-state index contributed by atoms with van der Waals surface area (Å²) in [6.07, 6.45) is -1.94. The van der Waals surface area contributed by atoms with E-state index in [0.717, 1.165) is 43.2 Å². The quantitative estimate of drug-likeness (QED) is 0.509.